The zero-order valence-electron chi connectivity index (χ0n) is 13.3. The topological polar surface area (TPSA) is 0 Å². The Hall–Kier alpha value is 0.250. The normalized spacial score (nSPS) is 11.3. The van der Waals surface area contributed by atoms with Gasteiger partial charge in [0.15, 0.2) is 0 Å². The van der Waals surface area contributed by atoms with Gasteiger partial charge in [-0.1, -0.05) is 40.0 Å². The van der Waals surface area contributed by atoms with Gasteiger partial charge in [-0.15, -0.1) is 0 Å². The fourth-order valence-electron chi connectivity index (χ4n) is 2.57. The molecule has 0 heterocycles. The molecule has 0 amide bonds. The second-order valence-electron chi connectivity index (χ2n) is 5.91. The Bertz CT molecular complexity index is 133. The van der Waals surface area contributed by atoms with Gasteiger partial charge in [0.05, 0.1) is 26.7 Å². The van der Waals surface area contributed by atoms with E-state index in [0.717, 1.165) is 0 Å². The van der Waals surface area contributed by atoms with Crippen LogP contribution in [0.1, 0.15) is 78.6 Å². The molecule has 18 heavy (non-hydrogen) atoms. The van der Waals surface area contributed by atoms with E-state index >= 15 is 0 Å². The Morgan fingerprint density at radius 3 is 1.06 bits per heavy atom. The smallest absolute Gasteiger partial charge is 0.0784 e. The minimum atomic E-state index is 0. The third-order valence-electron chi connectivity index (χ3n) is 3.90. The van der Waals surface area contributed by atoms with Crippen LogP contribution in [0.4, 0.5) is 0 Å². The number of hydrogen-bond acceptors (Lipinski definition) is 0. The molecular weight excluding hydrogens is 242 g/mol. The largest absolute Gasteiger partial charge is 1.00 e. The number of halogens is 1. The maximum Gasteiger partial charge on any atom is 0.0784 e. The van der Waals surface area contributed by atoms with Gasteiger partial charge >= 0.3 is 0 Å². The lowest BCUT2D eigenvalue weighted by Crippen LogP contribution is -3.00. The van der Waals surface area contributed by atoms with Gasteiger partial charge in [0.25, 0.3) is 0 Å². The molecule has 0 aliphatic carbocycles. The van der Waals surface area contributed by atoms with Crippen LogP contribution >= 0.6 is 0 Å². The summed E-state index contributed by atoms with van der Waals surface area (Å²) >= 11 is 0. The first-order valence-corrected chi connectivity index (χ1v) is 8.02. The van der Waals surface area contributed by atoms with Crippen LogP contribution in [0, 0.1) is 0 Å². The van der Waals surface area contributed by atoms with E-state index in [1.54, 1.807) is 0 Å². The van der Waals surface area contributed by atoms with Crippen LogP contribution in [0.3, 0.4) is 0 Å². The first-order valence-electron chi connectivity index (χ1n) is 8.02. The quantitative estimate of drug-likeness (QED) is 0.378. The number of quaternary nitrogens is 1. The van der Waals surface area contributed by atoms with E-state index in [4.69, 9.17) is 0 Å². The summed E-state index contributed by atoms with van der Waals surface area (Å²) in [6.45, 7) is 11.1. The second kappa shape index (κ2) is 13.7. The highest BCUT2D eigenvalue weighted by molar-refractivity contribution is 4.46. The third-order valence-corrected chi connectivity index (χ3v) is 3.90. The molecule has 0 aromatic carbocycles. The zero-order chi connectivity index (χ0) is 13.0. The van der Waals surface area contributed by atoms with Crippen LogP contribution in [0.2, 0.25) is 0 Å². The highest BCUT2D eigenvalue weighted by Crippen LogP contribution is 2.13. The van der Waals surface area contributed by atoms with Gasteiger partial charge in [0.1, 0.15) is 0 Å². The summed E-state index contributed by atoms with van der Waals surface area (Å²) in [7, 11) is 2.49. The van der Waals surface area contributed by atoms with E-state index in [1.807, 2.05) is 0 Å². The van der Waals surface area contributed by atoms with Crippen molar-refractivity contribution in [3.05, 3.63) is 0 Å². The number of hydrogen-bond donors (Lipinski definition) is 0. The molecular formula is C16H36ClN. The van der Waals surface area contributed by atoms with Crippen LogP contribution in [-0.4, -0.2) is 31.2 Å². The van der Waals surface area contributed by atoms with Crippen molar-refractivity contribution in [3.8, 4) is 0 Å². The molecule has 2 heteroatoms. The summed E-state index contributed by atoms with van der Waals surface area (Å²) < 4.78 is 1.33. The molecule has 0 saturated carbocycles. The fourth-order valence-corrected chi connectivity index (χ4v) is 2.57. The first kappa shape index (κ1) is 20.6. The van der Waals surface area contributed by atoms with Crippen molar-refractivity contribution in [2.45, 2.75) is 78.6 Å². The Labute approximate surface area is 122 Å². The molecule has 0 unspecified atom stereocenters. The monoisotopic (exact) mass is 277 g/mol. The molecule has 0 aliphatic rings. The summed E-state index contributed by atoms with van der Waals surface area (Å²) in [5.74, 6) is 0. The predicted molar refractivity (Wildman–Crippen MR) is 79.4 cm³/mol. The molecule has 0 bridgehead atoms. The summed E-state index contributed by atoms with van der Waals surface area (Å²) in [5, 5.41) is 0. The molecule has 0 spiro atoms. The molecule has 0 fully saturated rings. The van der Waals surface area contributed by atoms with Crippen LogP contribution in [0.5, 0.6) is 0 Å². The predicted octanol–water partition coefficient (Wildman–Crippen LogP) is 2.01. The van der Waals surface area contributed by atoms with Crippen LogP contribution in [0.25, 0.3) is 0 Å². The highest BCUT2D eigenvalue weighted by Gasteiger charge is 2.19. The van der Waals surface area contributed by atoms with E-state index in [2.05, 4.69) is 27.8 Å². The van der Waals surface area contributed by atoms with E-state index in [0.29, 0.717) is 0 Å². The summed E-state index contributed by atoms with van der Waals surface area (Å²) in [4.78, 5) is 0. The lowest BCUT2D eigenvalue weighted by molar-refractivity contribution is -0.910. The molecule has 0 radical (unpaired) electrons. The highest BCUT2D eigenvalue weighted by atomic mass is 35.5. The van der Waals surface area contributed by atoms with Crippen molar-refractivity contribution < 1.29 is 16.9 Å². The molecule has 0 aromatic heterocycles. The molecule has 0 rings (SSSR count). The lowest BCUT2D eigenvalue weighted by atomic mass is 10.1. The number of nitrogens with zero attached hydrogens (tertiary/aromatic N) is 1. The average molecular weight is 278 g/mol. The lowest BCUT2D eigenvalue weighted by Gasteiger charge is -2.35. The second-order valence-corrected chi connectivity index (χ2v) is 5.91. The van der Waals surface area contributed by atoms with Gasteiger partial charge in [-0.25, -0.2) is 0 Å². The first-order chi connectivity index (χ1) is 8.18. The van der Waals surface area contributed by atoms with Crippen molar-refractivity contribution in [2.75, 3.05) is 26.7 Å². The third kappa shape index (κ3) is 11.3. The van der Waals surface area contributed by atoms with Gasteiger partial charge < -0.3 is 16.9 Å². The summed E-state index contributed by atoms with van der Waals surface area (Å²) in [6, 6.07) is 0. The maximum atomic E-state index is 2.49. The van der Waals surface area contributed by atoms with Gasteiger partial charge in [-0.05, 0) is 38.5 Å². The van der Waals surface area contributed by atoms with E-state index in [1.165, 1.54) is 81.9 Å². The van der Waals surface area contributed by atoms with Crippen LogP contribution in [0.15, 0.2) is 0 Å². The molecule has 0 saturated heterocycles. The Morgan fingerprint density at radius 1 is 0.556 bits per heavy atom. The van der Waals surface area contributed by atoms with Crippen molar-refractivity contribution >= 4 is 0 Å². The molecule has 112 valence electrons. The summed E-state index contributed by atoms with van der Waals surface area (Å²) in [6.07, 6.45) is 12.6. The number of unbranched alkanes of at least 4 members (excludes halogenated alkanes) is 6. The van der Waals surface area contributed by atoms with E-state index in [-0.39, 0.29) is 12.4 Å². The van der Waals surface area contributed by atoms with Crippen LogP contribution in [-0.2, 0) is 0 Å². The fraction of sp³-hybridized carbons (Fsp3) is 1.00. The Kier molecular flexibility index (Phi) is 15.6. The molecule has 0 aliphatic heterocycles. The van der Waals surface area contributed by atoms with Gasteiger partial charge in [0, 0.05) is 0 Å². The molecule has 0 aromatic rings. The Balaban J connectivity index is 0. The maximum absolute atomic E-state index is 2.49. The van der Waals surface area contributed by atoms with E-state index in [9.17, 15) is 0 Å². The average Bonchev–Trinajstić information content (AvgIpc) is 2.30. The molecule has 0 atom stereocenters. The number of rotatable bonds is 12. The van der Waals surface area contributed by atoms with E-state index < -0.39 is 0 Å². The van der Waals surface area contributed by atoms with Crippen molar-refractivity contribution in [1.82, 2.24) is 0 Å². The van der Waals surface area contributed by atoms with Crippen LogP contribution < -0.4 is 12.4 Å². The van der Waals surface area contributed by atoms with Crippen molar-refractivity contribution in [1.29, 1.82) is 0 Å². The minimum Gasteiger partial charge on any atom is -1.00 e. The van der Waals surface area contributed by atoms with Gasteiger partial charge in [-0.2, -0.15) is 0 Å². The summed E-state index contributed by atoms with van der Waals surface area (Å²) in [5.41, 5.74) is 0. The van der Waals surface area contributed by atoms with Crippen molar-refractivity contribution in [2.24, 2.45) is 0 Å². The SMILES string of the molecule is CCCCC[N+](C)(CCCCC)CCCCC.[Cl-]. The molecule has 1 nitrogen and oxygen atoms in total. The van der Waals surface area contributed by atoms with Gasteiger partial charge in [-0.3, -0.25) is 0 Å². The van der Waals surface area contributed by atoms with Crippen molar-refractivity contribution in [3.63, 3.8) is 0 Å². The zero-order valence-corrected chi connectivity index (χ0v) is 14.1. The minimum absolute atomic E-state index is 0. The van der Waals surface area contributed by atoms with Gasteiger partial charge in [0.2, 0.25) is 0 Å². The Morgan fingerprint density at radius 2 is 0.833 bits per heavy atom. The standard InChI is InChI=1S/C16H36N.ClH/c1-5-8-11-14-17(4,15-12-9-6-2)16-13-10-7-3;/h5-16H2,1-4H3;1H/q+1;/p-1. The molecule has 0 N–H and O–H groups in total.